The normalized spacial score (nSPS) is 27.9. The second kappa shape index (κ2) is 6.35. The van der Waals surface area contributed by atoms with E-state index >= 15 is 0 Å². The van der Waals surface area contributed by atoms with Crippen molar-refractivity contribution in [3.63, 3.8) is 0 Å². The van der Waals surface area contributed by atoms with Crippen molar-refractivity contribution in [1.29, 1.82) is 5.26 Å². The number of halogens is 2. The van der Waals surface area contributed by atoms with E-state index in [2.05, 4.69) is 13.0 Å². The van der Waals surface area contributed by atoms with Gasteiger partial charge in [0, 0.05) is 5.56 Å². The van der Waals surface area contributed by atoms with Gasteiger partial charge in [-0.15, -0.1) is 0 Å². The molecule has 0 heterocycles. The van der Waals surface area contributed by atoms with Gasteiger partial charge in [-0.05, 0) is 37.7 Å². The topological polar surface area (TPSA) is 44.0 Å². The first-order valence-electron chi connectivity index (χ1n) is 7.07. The quantitative estimate of drug-likeness (QED) is 0.840. The SMILES string of the molecule is CCC1CCC(C#N)(C(O)c2cccc(Cl)c2Cl)CC1. The molecule has 0 aliphatic heterocycles. The van der Waals surface area contributed by atoms with E-state index in [1.807, 2.05) is 0 Å². The number of benzene rings is 1. The molecule has 108 valence electrons. The van der Waals surface area contributed by atoms with Crippen LogP contribution in [0.4, 0.5) is 0 Å². The maximum Gasteiger partial charge on any atom is 0.0991 e. The summed E-state index contributed by atoms with van der Waals surface area (Å²) in [4.78, 5) is 0. The summed E-state index contributed by atoms with van der Waals surface area (Å²) in [7, 11) is 0. The Balaban J connectivity index is 2.28. The highest BCUT2D eigenvalue weighted by atomic mass is 35.5. The summed E-state index contributed by atoms with van der Waals surface area (Å²) in [5.74, 6) is 0.665. The number of rotatable bonds is 3. The Morgan fingerprint density at radius 3 is 2.60 bits per heavy atom. The summed E-state index contributed by atoms with van der Waals surface area (Å²) in [5.41, 5.74) is -0.171. The monoisotopic (exact) mass is 311 g/mol. The largest absolute Gasteiger partial charge is 0.387 e. The Hall–Kier alpha value is -0.750. The van der Waals surface area contributed by atoms with E-state index in [1.165, 1.54) is 0 Å². The van der Waals surface area contributed by atoms with Gasteiger partial charge in [0.1, 0.15) is 0 Å². The van der Waals surface area contributed by atoms with Crippen molar-refractivity contribution in [2.24, 2.45) is 11.3 Å². The van der Waals surface area contributed by atoms with E-state index in [1.54, 1.807) is 18.2 Å². The fourth-order valence-corrected chi connectivity index (χ4v) is 3.49. The van der Waals surface area contributed by atoms with Crippen molar-refractivity contribution in [2.75, 3.05) is 0 Å². The Labute approximate surface area is 130 Å². The molecule has 1 unspecified atom stereocenters. The lowest BCUT2D eigenvalue weighted by atomic mass is 9.66. The zero-order chi connectivity index (χ0) is 14.8. The smallest absolute Gasteiger partial charge is 0.0991 e. The summed E-state index contributed by atoms with van der Waals surface area (Å²) in [6.07, 6.45) is 3.66. The Morgan fingerprint density at radius 2 is 2.05 bits per heavy atom. The number of aliphatic hydroxyl groups excluding tert-OH is 1. The molecule has 2 rings (SSSR count). The molecule has 1 aromatic carbocycles. The fourth-order valence-electron chi connectivity index (χ4n) is 3.08. The lowest BCUT2D eigenvalue weighted by Crippen LogP contribution is -2.32. The van der Waals surface area contributed by atoms with Crippen LogP contribution in [0.2, 0.25) is 10.0 Å². The molecule has 2 nitrogen and oxygen atoms in total. The minimum absolute atomic E-state index is 0.355. The minimum Gasteiger partial charge on any atom is -0.387 e. The summed E-state index contributed by atoms with van der Waals surface area (Å²) in [5, 5.41) is 21.1. The predicted octanol–water partition coefficient (Wildman–Crippen LogP) is 5.14. The number of aliphatic hydroxyl groups is 1. The van der Waals surface area contributed by atoms with Crippen LogP contribution in [-0.2, 0) is 0 Å². The highest BCUT2D eigenvalue weighted by molar-refractivity contribution is 6.42. The molecule has 4 heteroatoms. The van der Waals surface area contributed by atoms with Gasteiger partial charge in [0.15, 0.2) is 0 Å². The maximum atomic E-state index is 10.7. The highest BCUT2D eigenvalue weighted by Crippen LogP contribution is 2.49. The molecule has 0 aromatic heterocycles. The standard InChI is InChI=1S/C16H19Cl2NO/c1-2-11-6-8-16(10-19,9-7-11)15(20)12-4-3-5-13(17)14(12)18/h3-5,11,15,20H,2,6-9H2,1H3. The molecular weight excluding hydrogens is 293 g/mol. The maximum absolute atomic E-state index is 10.7. The molecule has 0 radical (unpaired) electrons. The lowest BCUT2D eigenvalue weighted by Gasteiger charge is -2.38. The molecule has 1 atom stereocenters. The predicted molar refractivity (Wildman–Crippen MR) is 81.7 cm³/mol. The first kappa shape index (κ1) is 15.6. The first-order chi connectivity index (χ1) is 9.54. The van der Waals surface area contributed by atoms with Crippen molar-refractivity contribution < 1.29 is 5.11 Å². The van der Waals surface area contributed by atoms with Gasteiger partial charge in [0.25, 0.3) is 0 Å². The molecule has 1 aliphatic rings. The fraction of sp³-hybridized carbons (Fsp3) is 0.562. The third-order valence-electron chi connectivity index (χ3n) is 4.60. The van der Waals surface area contributed by atoms with E-state index < -0.39 is 11.5 Å². The van der Waals surface area contributed by atoms with E-state index in [4.69, 9.17) is 23.2 Å². The highest BCUT2D eigenvalue weighted by Gasteiger charge is 2.42. The molecule has 1 N–H and O–H groups in total. The summed E-state index contributed by atoms with van der Waals surface area (Å²) in [6.45, 7) is 2.17. The first-order valence-corrected chi connectivity index (χ1v) is 7.83. The zero-order valence-corrected chi connectivity index (χ0v) is 13.1. The number of hydrogen-bond donors (Lipinski definition) is 1. The summed E-state index contributed by atoms with van der Waals surface area (Å²) in [6, 6.07) is 7.56. The van der Waals surface area contributed by atoms with Gasteiger partial charge in [-0.3, -0.25) is 0 Å². The Bertz CT molecular complexity index is 516. The van der Waals surface area contributed by atoms with Crippen LogP contribution in [0.15, 0.2) is 18.2 Å². The van der Waals surface area contributed by atoms with Crippen molar-refractivity contribution >= 4 is 23.2 Å². The average Bonchev–Trinajstić information content (AvgIpc) is 2.49. The molecule has 1 aromatic rings. The van der Waals surface area contributed by atoms with Gasteiger partial charge in [-0.25, -0.2) is 0 Å². The van der Waals surface area contributed by atoms with E-state index in [-0.39, 0.29) is 0 Å². The van der Waals surface area contributed by atoms with Gasteiger partial charge in [-0.2, -0.15) is 5.26 Å². The van der Waals surface area contributed by atoms with Crippen LogP contribution in [0.1, 0.15) is 50.7 Å². The van der Waals surface area contributed by atoms with Gasteiger partial charge >= 0.3 is 0 Å². The van der Waals surface area contributed by atoms with Gasteiger partial charge in [-0.1, -0.05) is 48.7 Å². The van der Waals surface area contributed by atoms with Crippen molar-refractivity contribution in [3.05, 3.63) is 33.8 Å². The number of nitriles is 1. The van der Waals surface area contributed by atoms with Crippen LogP contribution in [0.3, 0.4) is 0 Å². The average molecular weight is 312 g/mol. The number of nitrogens with zero attached hydrogens (tertiary/aromatic N) is 1. The van der Waals surface area contributed by atoms with E-state index in [9.17, 15) is 10.4 Å². The molecule has 0 saturated heterocycles. The van der Waals surface area contributed by atoms with Crippen molar-refractivity contribution in [1.82, 2.24) is 0 Å². The molecule has 20 heavy (non-hydrogen) atoms. The second-order valence-corrected chi connectivity index (χ2v) is 6.45. The van der Waals surface area contributed by atoms with Crippen LogP contribution in [0.25, 0.3) is 0 Å². The minimum atomic E-state index is -0.878. The molecule has 1 fully saturated rings. The molecule has 0 amide bonds. The number of hydrogen-bond acceptors (Lipinski definition) is 2. The van der Waals surface area contributed by atoms with E-state index in [0.29, 0.717) is 34.4 Å². The second-order valence-electron chi connectivity index (χ2n) is 5.67. The third kappa shape index (κ3) is 2.81. The molecule has 0 spiro atoms. The van der Waals surface area contributed by atoms with Crippen LogP contribution >= 0.6 is 23.2 Å². The Kier molecular flexibility index (Phi) is 4.96. The molecule has 0 bridgehead atoms. The van der Waals surface area contributed by atoms with Gasteiger partial charge in [0.05, 0.1) is 27.6 Å². The molecule has 1 aliphatic carbocycles. The lowest BCUT2D eigenvalue weighted by molar-refractivity contribution is 0.0243. The zero-order valence-electron chi connectivity index (χ0n) is 11.6. The van der Waals surface area contributed by atoms with Crippen LogP contribution < -0.4 is 0 Å². The third-order valence-corrected chi connectivity index (χ3v) is 5.43. The van der Waals surface area contributed by atoms with Crippen LogP contribution in [-0.4, -0.2) is 5.11 Å². The van der Waals surface area contributed by atoms with Gasteiger partial charge in [0.2, 0.25) is 0 Å². The molecular formula is C16H19Cl2NO. The van der Waals surface area contributed by atoms with E-state index in [0.717, 1.165) is 19.3 Å². The van der Waals surface area contributed by atoms with Crippen molar-refractivity contribution in [2.45, 2.75) is 45.1 Å². The molecule has 1 saturated carbocycles. The summed E-state index contributed by atoms with van der Waals surface area (Å²) >= 11 is 12.2. The van der Waals surface area contributed by atoms with Crippen LogP contribution in [0, 0.1) is 22.7 Å². The summed E-state index contributed by atoms with van der Waals surface area (Å²) < 4.78 is 0. The van der Waals surface area contributed by atoms with Crippen molar-refractivity contribution in [3.8, 4) is 6.07 Å². The van der Waals surface area contributed by atoms with Gasteiger partial charge < -0.3 is 5.11 Å². The Morgan fingerprint density at radius 1 is 1.40 bits per heavy atom. The van der Waals surface area contributed by atoms with Crippen LogP contribution in [0.5, 0.6) is 0 Å².